The van der Waals surface area contributed by atoms with E-state index in [2.05, 4.69) is 10.3 Å². The first-order valence-corrected chi connectivity index (χ1v) is 9.44. The van der Waals surface area contributed by atoms with Gasteiger partial charge in [0, 0.05) is 30.4 Å². The maximum absolute atomic E-state index is 12.3. The summed E-state index contributed by atoms with van der Waals surface area (Å²) in [4.78, 5) is 18.8. The number of nitrogens with one attached hydrogen (secondary N) is 1. The molecular weight excluding hydrogens is 358 g/mol. The van der Waals surface area contributed by atoms with Crippen molar-refractivity contribution in [2.45, 2.75) is 24.6 Å². The van der Waals surface area contributed by atoms with E-state index in [9.17, 15) is 4.79 Å². The van der Waals surface area contributed by atoms with Crippen LogP contribution in [0, 0.1) is 0 Å². The summed E-state index contributed by atoms with van der Waals surface area (Å²) in [5.41, 5.74) is 1.84. The molecule has 0 bridgehead atoms. The molecule has 1 aromatic heterocycles. The molecule has 1 unspecified atom stereocenters. The quantitative estimate of drug-likeness (QED) is 0.832. The maximum Gasteiger partial charge on any atom is 0.232 e. The van der Waals surface area contributed by atoms with Gasteiger partial charge in [-0.25, -0.2) is 4.98 Å². The number of oxazole rings is 1. The lowest BCUT2D eigenvalue weighted by molar-refractivity contribution is -0.129. The van der Waals surface area contributed by atoms with Gasteiger partial charge in [0.25, 0.3) is 0 Å². The highest BCUT2D eigenvalue weighted by molar-refractivity contribution is 7.99. The molecule has 3 rings (SSSR count). The topological polar surface area (TPSA) is 58.4 Å². The number of piperidine rings is 1. The van der Waals surface area contributed by atoms with Gasteiger partial charge in [-0.1, -0.05) is 18.2 Å². The second-order valence-electron chi connectivity index (χ2n) is 5.97. The zero-order chi connectivity index (χ0) is 16.8. The third-order valence-corrected chi connectivity index (χ3v) is 5.18. The lowest BCUT2D eigenvalue weighted by atomic mass is 10.1. The molecule has 7 heteroatoms. The minimum Gasteiger partial charge on any atom is -0.444 e. The van der Waals surface area contributed by atoms with Crippen LogP contribution < -0.4 is 5.32 Å². The summed E-state index contributed by atoms with van der Waals surface area (Å²) in [5, 5.41) is 3.27. The van der Waals surface area contributed by atoms with Crippen LogP contribution in [0.4, 0.5) is 0 Å². The maximum atomic E-state index is 12.3. The van der Waals surface area contributed by atoms with E-state index in [4.69, 9.17) is 4.42 Å². The number of likely N-dealkylation sites (tertiary alicyclic amines) is 1. The number of nitrogens with zero attached hydrogens (tertiary/aromatic N) is 2. The molecule has 136 valence electrons. The molecule has 1 N–H and O–H groups in total. The van der Waals surface area contributed by atoms with E-state index in [1.807, 2.05) is 42.3 Å². The van der Waals surface area contributed by atoms with Crippen molar-refractivity contribution in [3.05, 3.63) is 42.3 Å². The average molecular weight is 382 g/mol. The number of carbonyl (C=O) groups is 1. The van der Waals surface area contributed by atoms with Crippen LogP contribution in [0.15, 0.2) is 41.0 Å². The van der Waals surface area contributed by atoms with Gasteiger partial charge in [-0.3, -0.25) is 4.79 Å². The van der Waals surface area contributed by atoms with Crippen LogP contribution in [-0.4, -0.2) is 47.7 Å². The summed E-state index contributed by atoms with van der Waals surface area (Å²) in [6.45, 7) is 1.69. The predicted octanol–water partition coefficient (Wildman–Crippen LogP) is 3.21. The van der Waals surface area contributed by atoms with Crippen molar-refractivity contribution in [1.82, 2.24) is 15.2 Å². The van der Waals surface area contributed by atoms with Crippen LogP contribution >= 0.6 is 24.2 Å². The van der Waals surface area contributed by atoms with Gasteiger partial charge in [0.1, 0.15) is 6.26 Å². The zero-order valence-electron chi connectivity index (χ0n) is 14.3. The molecule has 1 aliphatic heterocycles. The van der Waals surface area contributed by atoms with Crippen LogP contribution in [0.2, 0.25) is 0 Å². The van der Waals surface area contributed by atoms with Crippen LogP contribution in [-0.2, 0) is 10.5 Å². The number of likely N-dealkylation sites (N-methyl/N-ethyl adjacent to an activating group) is 1. The summed E-state index contributed by atoms with van der Waals surface area (Å²) in [7, 11) is 1.96. The number of thioether (sulfide) groups is 1. The first kappa shape index (κ1) is 19.8. The van der Waals surface area contributed by atoms with Gasteiger partial charge in [-0.2, -0.15) is 0 Å². The molecule has 1 aromatic carbocycles. The third kappa shape index (κ3) is 5.49. The van der Waals surface area contributed by atoms with Crippen LogP contribution in [0.1, 0.15) is 18.5 Å². The van der Waals surface area contributed by atoms with Crippen molar-refractivity contribution in [2.75, 3.05) is 25.9 Å². The fourth-order valence-electron chi connectivity index (χ4n) is 2.86. The van der Waals surface area contributed by atoms with Gasteiger partial charge in [0.2, 0.25) is 11.8 Å². The molecule has 0 aliphatic carbocycles. The first-order valence-electron chi connectivity index (χ1n) is 8.29. The highest BCUT2D eigenvalue weighted by Crippen LogP contribution is 2.21. The summed E-state index contributed by atoms with van der Waals surface area (Å²) in [6, 6.07) is 10.3. The van der Waals surface area contributed by atoms with Crippen LogP contribution in [0.5, 0.6) is 0 Å². The van der Waals surface area contributed by atoms with Crippen molar-refractivity contribution >= 4 is 30.1 Å². The Bertz CT molecular complexity index is 665. The monoisotopic (exact) mass is 381 g/mol. The molecule has 1 saturated heterocycles. The molecule has 2 heterocycles. The Morgan fingerprint density at radius 2 is 2.20 bits per heavy atom. The van der Waals surface area contributed by atoms with E-state index >= 15 is 0 Å². The zero-order valence-corrected chi connectivity index (χ0v) is 15.9. The van der Waals surface area contributed by atoms with Gasteiger partial charge in [-0.05, 0) is 32.0 Å². The Morgan fingerprint density at radius 3 is 2.96 bits per heavy atom. The fourth-order valence-corrected chi connectivity index (χ4v) is 3.66. The highest BCUT2D eigenvalue weighted by atomic mass is 35.5. The van der Waals surface area contributed by atoms with E-state index < -0.39 is 0 Å². The minimum atomic E-state index is 0. The Labute approximate surface area is 159 Å². The molecule has 1 aliphatic rings. The summed E-state index contributed by atoms with van der Waals surface area (Å²) in [5.74, 6) is 2.02. The number of hydrogen-bond acceptors (Lipinski definition) is 5. The molecule has 25 heavy (non-hydrogen) atoms. The van der Waals surface area contributed by atoms with Gasteiger partial charge in [0.15, 0.2) is 0 Å². The number of halogens is 1. The largest absolute Gasteiger partial charge is 0.444 e. The van der Waals surface area contributed by atoms with Crippen molar-refractivity contribution in [1.29, 1.82) is 0 Å². The molecule has 1 atom stereocenters. The Balaban J connectivity index is 0.00000225. The Kier molecular flexibility index (Phi) is 7.81. The molecule has 1 amide bonds. The Hall–Kier alpha value is -1.50. The fraction of sp³-hybridized carbons (Fsp3) is 0.444. The number of rotatable bonds is 6. The van der Waals surface area contributed by atoms with Crippen molar-refractivity contribution < 1.29 is 9.21 Å². The van der Waals surface area contributed by atoms with E-state index in [-0.39, 0.29) is 18.3 Å². The minimum absolute atomic E-state index is 0. The van der Waals surface area contributed by atoms with Gasteiger partial charge >= 0.3 is 0 Å². The second-order valence-corrected chi connectivity index (χ2v) is 6.96. The summed E-state index contributed by atoms with van der Waals surface area (Å²) >= 11 is 1.59. The summed E-state index contributed by atoms with van der Waals surface area (Å²) in [6.07, 6.45) is 3.90. The lowest BCUT2D eigenvalue weighted by Gasteiger charge is -2.32. The number of benzene rings is 1. The number of amides is 1. The molecule has 5 nitrogen and oxygen atoms in total. The number of carbonyl (C=O) groups excluding carboxylic acids is 1. The average Bonchev–Trinajstić information content (AvgIpc) is 3.11. The predicted molar refractivity (Wildman–Crippen MR) is 104 cm³/mol. The van der Waals surface area contributed by atoms with Crippen LogP contribution in [0.3, 0.4) is 0 Å². The third-order valence-electron chi connectivity index (χ3n) is 4.23. The lowest BCUT2D eigenvalue weighted by Crippen LogP contribution is -2.47. The second kappa shape index (κ2) is 9.85. The number of aromatic nitrogens is 1. The van der Waals surface area contributed by atoms with E-state index in [0.29, 0.717) is 23.4 Å². The van der Waals surface area contributed by atoms with E-state index in [1.54, 1.807) is 18.0 Å². The summed E-state index contributed by atoms with van der Waals surface area (Å²) < 4.78 is 5.53. The molecule has 2 aromatic rings. The molecule has 0 saturated carbocycles. The van der Waals surface area contributed by atoms with Crippen LogP contribution in [0.25, 0.3) is 11.5 Å². The molecule has 0 spiro atoms. The SMILES string of the molecule is CNC1CCCN(C(=O)CSCc2coc(-c3ccccc3)n2)C1.Cl. The normalized spacial score (nSPS) is 17.2. The molecule has 1 fully saturated rings. The van der Waals surface area contributed by atoms with Crippen molar-refractivity contribution in [3.8, 4) is 11.5 Å². The first-order chi connectivity index (χ1) is 11.8. The van der Waals surface area contributed by atoms with Gasteiger partial charge in [-0.15, -0.1) is 24.2 Å². The van der Waals surface area contributed by atoms with Gasteiger partial charge < -0.3 is 14.6 Å². The molecule has 0 radical (unpaired) electrons. The standard InChI is InChI=1S/C18H23N3O2S.ClH/c1-19-15-8-5-9-21(10-15)17(22)13-24-12-16-11-23-18(20-16)14-6-3-2-4-7-14;/h2-4,6-7,11,15,19H,5,8-10,12-13H2,1H3;1H. The Morgan fingerprint density at radius 1 is 1.40 bits per heavy atom. The number of hydrogen-bond donors (Lipinski definition) is 1. The smallest absolute Gasteiger partial charge is 0.232 e. The van der Waals surface area contributed by atoms with E-state index in [0.717, 1.165) is 37.2 Å². The molecular formula is C18H24ClN3O2S. The van der Waals surface area contributed by atoms with E-state index in [1.165, 1.54) is 0 Å². The van der Waals surface area contributed by atoms with Gasteiger partial charge in [0.05, 0.1) is 11.4 Å². The highest BCUT2D eigenvalue weighted by Gasteiger charge is 2.22. The van der Waals surface area contributed by atoms with Crippen molar-refractivity contribution in [2.24, 2.45) is 0 Å². The van der Waals surface area contributed by atoms with Crippen molar-refractivity contribution in [3.63, 3.8) is 0 Å².